The van der Waals surface area contributed by atoms with Crippen molar-refractivity contribution in [2.75, 3.05) is 6.54 Å². The van der Waals surface area contributed by atoms with Crippen molar-refractivity contribution in [3.8, 4) is 0 Å². The van der Waals surface area contributed by atoms with Crippen LogP contribution in [0.3, 0.4) is 0 Å². The molecule has 5 nitrogen and oxygen atoms in total. The molecule has 0 bridgehead atoms. The van der Waals surface area contributed by atoms with Crippen molar-refractivity contribution < 1.29 is 0 Å². The van der Waals surface area contributed by atoms with Crippen LogP contribution in [0, 0.1) is 6.92 Å². The van der Waals surface area contributed by atoms with Crippen LogP contribution in [-0.4, -0.2) is 21.1 Å². The molecule has 0 saturated carbocycles. The molecule has 0 amide bonds. The fourth-order valence-corrected chi connectivity index (χ4v) is 2.49. The Morgan fingerprint density at radius 3 is 3.00 bits per heavy atom. The molecule has 1 atom stereocenters. The summed E-state index contributed by atoms with van der Waals surface area (Å²) in [5, 5.41) is 4.54. The van der Waals surface area contributed by atoms with Gasteiger partial charge in [0.1, 0.15) is 5.01 Å². The summed E-state index contributed by atoms with van der Waals surface area (Å²) in [5.74, 6) is 0. The minimum absolute atomic E-state index is 0.253. The lowest BCUT2D eigenvalue weighted by Gasteiger charge is -2.09. The molecule has 0 aliphatic rings. The summed E-state index contributed by atoms with van der Waals surface area (Å²) in [4.78, 5) is 9.95. The Bertz CT molecular complexity index is 490. The molecule has 18 heavy (non-hydrogen) atoms. The minimum Gasteiger partial charge on any atom is -0.336 e. The molecule has 2 aromatic heterocycles. The second-order valence-electron chi connectivity index (χ2n) is 4.30. The Balaban J connectivity index is 1.86. The topological polar surface area (TPSA) is 68.8 Å². The first kappa shape index (κ1) is 13.2. The van der Waals surface area contributed by atoms with Gasteiger partial charge in [0, 0.05) is 36.9 Å². The normalized spacial score (nSPS) is 12.8. The Morgan fingerprint density at radius 1 is 1.50 bits per heavy atom. The molecular weight excluding hydrogens is 246 g/mol. The van der Waals surface area contributed by atoms with Crippen molar-refractivity contribution in [2.24, 2.45) is 5.73 Å². The van der Waals surface area contributed by atoms with Crippen molar-refractivity contribution >= 4 is 11.3 Å². The number of nitrogens with one attached hydrogen (secondary N) is 1. The average Bonchev–Trinajstić information content (AvgIpc) is 2.96. The Morgan fingerprint density at radius 2 is 2.33 bits per heavy atom. The Labute approximate surface area is 111 Å². The zero-order valence-electron chi connectivity index (χ0n) is 10.8. The van der Waals surface area contributed by atoms with E-state index < -0.39 is 0 Å². The molecule has 2 aromatic rings. The third-order valence-electron chi connectivity index (χ3n) is 2.67. The van der Waals surface area contributed by atoms with Crippen molar-refractivity contribution in [3.05, 3.63) is 34.3 Å². The molecule has 0 aromatic carbocycles. The van der Waals surface area contributed by atoms with Crippen LogP contribution in [0.5, 0.6) is 0 Å². The van der Waals surface area contributed by atoms with Crippen molar-refractivity contribution in [2.45, 2.75) is 33.0 Å². The van der Waals surface area contributed by atoms with Crippen molar-refractivity contribution in [3.63, 3.8) is 0 Å². The maximum Gasteiger partial charge on any atom is 0.109 e. The second-order valence-corrected chi connectivity index (χ2v) is 5.57. The molecule has 1 unspecified atom stereocenters. The van der Waals surface area contributed by atoms with Crippen molar-refractivity contribution in [1.82, 2.24) is 19.9 Å². The van der Waals surface area contributed by atoms with Crippen LogP contribution in [0.25, 0.3) is 0 Å². The lowest BCUT2D eigenvalue weighted by atomic mass is 10.3. The predicted octanol–water partition coefficient (Wildman–Crippen LogP) is 1.46. The van der Waals surface area contributed by atoms with E-state index in [0.717, 1.165) is 23.8 Å². The summed E-state index contributed by atoms with van der Waals surface area (Å²) >= 11 is 1.73. The smallest absolute Gasteiger partial charge is 0.109 e. The summed E-state index contributed by atoms with van der Waals surface area (Å²) in [5.41, 5.74) is 6.53. The third-order valence-corrected chi connectivity index (χ3v) is 3.77. The molecule has 98 valence electrons. The lowest BCUT2D eigenvalue weighted by molar-refractivity contribution is 0.565. The van der Waals surface area contributed by atoms with E-state index in [2.05, 4.69) is 29.1 Å². The van der Waals surface area contributed by atoms with Gasteiger partial charge in [0.15, 0.2) is 0 Å². The standard InChI is InChI=1S/C12H19N5S/c1-9-5-15-12(18-9)10(2)14-6-11-7-17(4-3-13)8-16-11/h5,7-8,10,14H,3-4,6,13H2,1-2H3. The van der Waals surface area contributed by atoms with Gasteiger partial charge in [0.2, 0.25) is 0 Å². The van der Waals surface area contributed by atoms with Gasteiger partial charge in [-0.25, -0.2) is 9.97 Å². The average molecular weight is 265 g/mol. The SMILES string of the molecule is Cc1cnc(C(C)NCc2cn(CCN)cn2)s1. The van der Waals surface area contributed by atoms with E-state index in [9.17, 15) is 0 Å². The van der Waals surface area contributed by atoms with E-state index in [0.29, 0.717) is 6.54 Å². The molecule has 0 saturated heterocycles. The molecule has 6 heteroatoms. The number of rotatable bonds is 6. The second kappa shape index (κ2) is 6.08. The van der Waals surface area contributed by atoms with Crippen LogP contribution in [0.4, 0.5) is 0 Å². The van der Waals surface area contributed by atoms with Gasteiger partial charge in [-0.3, -0.25) is 0 Å². The molecule has 0 aliphatic heterocycles. The van der Waals surface area contributed by atoms with Crippen LogP contribution >= 0.6 is 11.3 Å². The molecule has 0 fully saturated rings. The highest BCUT2D eigenvalue weighted by Crippen LogP contribution is 2.19. The van der Waals surface area contributed by atoms with E-state index in [1.807, 2.05) is 23.3 Å². The maximum atomic E-state index is 5.50. The number of aromatic nitrogens is 3. The maximum absolute atomic E-state index is 5.50. The highest BCUT2D eigenvalue weighted by molar-refractivity contribution is 7.11. The van der Waals surface area contributed by atoms with Crippen LogP contribution in [0.2, 0.25) is 0 Å². The minimum atomic E-state index is 0.253. The number of imidazole rings is 1. The fourth-order valence-electron chi connectivity index (χ4n) is 1.69. The summed E-state index contributed by atoms with van der Waals surface area (Å²) in [6.45, 7) is 6.39. The monoisotopic (exact) mass is 265 g/mol. The summed E-state index contributed by atoms with van der Waals surface area (Å²) in [6.07, 6.45) is 5.76. The van der Waals surface area contributed by atoms with Gasteiger partial charge in [0.05, 0.1) is 18.1 Å². The van der Waals surface area contributed by atoms with Crippen LogP contribution in [0.1, 0.15) is 28.5 Å². The zero-order valence-corrected chi connectivity index (χ0v) is 11.6. The quantitative estimate of drug-likeness (QED) is 0.829. The molecule has 0 spiro atoms. The van der Waals surface area contributed by atoms with E-state index in [1.54, 1.807) is 11.3 Å². The number of thiazole rings is 1. The molecular formula is C12H19N5S. The van der Waals surface area contributed by atoms with Gasteiger partial charge < -0.3 is 15.6 Å². The molecule has 0 aliphatic carbocycles. The zero-order chi connectivity index (χ0) is 13.0. The molecule has 3 N–H and O–H groups in total. The number of nitrogens with two attached hydrogens (primary N) is 1. The van der Waals surface area contributed by atoms with Crippen LogP contribution < -0.4 is 11.1 Å². The molecule has 2 heterocycles. The first-order chi connectivity index (χ1) is 8.69. The number of hydrogen-bond acceptors (Lipinski definition) is 5. The molecule has 0 radical (unpaired) electrons. The van der Waals surface area contributed by atoms with E-state index in [4.69, 9.17) is 5.73 Å². The van der Waals surface area contributed by atoms with Gasteiger partial charge in [-0.2, -0.15) is 0 Å². The summed E-state index contributed by atoms with van der Waals surface area (Å²) in [6, 6.07) is 0.253. The van der Waals surface area contributed by atoms with E-state index >= 15 is 0 Å². The van der Waals surface area contributed by atoms with Gasteiger partial charge in [-0.15, -0.1) is 11.3 Å². The predicted molar refractivity (Wildman–Crippen MR) is 73.4 cm³/mol. The number of hydrogen-bond donors (Lipinski definition) is 2. The van der Waals surface area contributed by atoms with Gasteiger partial charge >= 0.3 is 0 Å². The lowest BCUT2D eigenvalue weighted by Crippen LogP contribution is -2.18. The third kappa shape index (κ3) is 3.38. The fraction of sp³-hybridized carbons (Fsp3) is 0.500. The Hall–Kier alpha value is -1.24. The van der Waals surface area contributed by atoms with Crippen LogP contribution in [0.15, 0.2) is 18.7 Å². The van der Waals surface area contributed by atoms with E-state index in [1.165, 1.54) is 4.88 Å². The number of aryl methyl sites for hydroxylation is 1. The largest absolute Gasteiger partial charge is 0.336 e. The Kier molecular flexibility index (Phi) is 4.46. The first-order valence-electron chi connectivity index (χ1n) is 6.05. The van der Waals surface area contributed by atoms with Gasteiger partial charge in [-0.1, -0.05) is 0 Å². The van der Waals surface area contributed by atoms with Crippen molar-refractivity contribution in [1.29, 1.82) is 0 Å². The highest BCUT2D eigenvalue weighted by atomic mass is 32.1. The van der Waals surface area contributed by atoms with Gasteiger partial charge in [-0.05, 0) is 13.8 Å². The summed E-state index contributed by atoms with van der Waals surface area (Å²) in [7, 11) is 0. The molecule has 2 rings (SSSR count). The summed E-state index contributed by atoms with van der Waals surface area (Å²) < 4.78 is 2.01. The van der Waals surface area contributed by atoms with E-state index in [-0.39, 0.29) is 6.04 Å². The van der Waals surface area contributed by atoms with Crippen LogP contribution in [-0.2, 0) is 13.1 Å². The number of nitrogens with zero attached hydrogens (tertiary/aromatic N) is 3. The first-order valence-corrected chi connectivity index (χ1v) is 6.87. The van der Waals surface area contributed by atoms with Gasteiger partial charge in [0.25, 0.3) is 0 Å². The highest BCUT2D eigenvalue weighted by Gasteiger charge is 2.09.